The molecule has 8 heteroatoms. The van der Waals surface area contributed by atoms with Crippen molar-refractivity contribution >= 4 is 11.8 Å². The van der Waals surface area contributed by atoms with Crippen molar-refractivity contribution in [2.24, 2.45) is 4.99 Å². The molecule has 0 spiro atoms. The molecule has 3 rings (SSSR count). The van der Waals surface area contributed by atoms with E-state index in [4.69, 9.17) is 0 Å². The summed E-state index contributed by atoms with van der Waals surface area (Å²) >= 11 is 0. The van der Waals surface area contributed by atoms with E-state index in [-0.39, 0.29) is 5.75 Å². The van der Waals surface area contributed by atoms with Gasteiger partial charge in [0.05, 0.1) is 0 Å². The van der Waals surface area contributed by atoms with Crippen LogP contribution in [0, 0.1) is 6.92 Å². The van der Waals surface area contributed by atoms with Gasteiger partial charge in [-0.25, -0.2) is 4.98 Å². The maximum absolute atomic E-state index is 12.6. The molecule has 1 aliphatic rings. The van der Waals surface area contributed by atoms with Crippen LogP contribution in [0.3, 0.4) is 0 Å². The van der Waals surface area contributed by atoms with Crippen LogP contribution in [0.25, 0.3) is 0 Å². The van der Waals surface area contributed by atoms with E-state index in [1.54, 1.807) is 19.2 Å². The lowest BCUT2D eigenvalue weighted by atomic mass is 10.1. The molecule has 2 heterocycles. The normalized spacial score (nSPS) is 14.4. The molecule has 2 aromatic rings. The average Bonchev–Trinajstić information content (AvgIpc) is 3.25. The van der Waals surface area contributed by atoms with Gasteiger partial charge in [-0.15, -0.1) is 0 Å². The first-order valence-electron chi connectivity index (χ1n) is 9.74. The molecule has 1 aliphatic heterocycles. The van der Waals surface area contributed by atoms with Gasteiger partial charge in [-0.3, -0.25) is 4.99 Å². The highest BCUT2D eigenvalue weighted by Gasteiger charge is 2.13. The zero-order valence-corrected chi connectivity index (χ0v) is 16.8. The number of halogens is 2. The summed E-state index contributed by atoms with van der Waals surface area (Å²) in [5, 5.41) is 6.35. The lowest BCUT2D eigenvalue weighted by Crippen LogP contribution is -2.36. The average molecular weight is 403 g/mol. The first kappa shape index (κ1) is 20.8. The molecule has 29 heavy (non-hydrogen) atoms. The lowest BCUT2D eigenvalue weighted by Gasteiger charge is -2.17. The molecule has 0 unspecified atom stereocenters. The minimum atomic E-state index is -2.86. The van der Waals surface area contributed by atoms with Gasteiger partial charge in [0.2, 0.25) is 0 Å². The smallest absolute Gasteiger partial charge is 0.387 e. The van der Waals surface area contributed by atoms with Crippen LogP contribution in [0.15, 0.2) is 41.5 Å². The van der Waals surface area contributed by atoms with Gasteiger partial charge in [0.15, 0.2) is 5.96 Å². The molecule has 1 aromatic heterocycles. The van der Waals surface area contributed by atoms with E-state index < -0.39 is 6.61 Å². The summed E-state index contributed by atoms with van der Waals surface area (Å²) in [5.74, 6) is 1.74. The number of hydrogen-bond donors (Lipinski definition) is 2. The number of aliphatic imine (C=N–C) groups is 1. The van der Waals surface area contributed by atoms with Gasteiger partial charge in [-0.1, -0.05) is 23.8 Å². The second kappa shape index (κ2) is 10.0. The monoisotopic (exact) mass is 403 g/mol. The minimum absolute atomic E-state index is 0.162. The predicted molar refractivity (Wildman–Crippen MR) is 111 cm³/mol. The van der Waals surface area contributed by atoms with Crippen molar-refractivity contribution in [1.82, 2.24) is 15.6 Å². The molecule has 0 amide bonds. The van der Waals surface area contributed by atoms with Gasteiger partial charge in [-0.2, -0.15) is 8.78 Å². The quantitative estimate of drug-likeness (QED) is 0.548. The van der Waals surface area contributed by atoms with Crippen molar-refractivity contribution in [3.8, 4) is 5.75 Å². The Hall–Kier alpha value is -2.90. The van der Waals surface area contributed by atoms with E-state index >= 15 is 0 Å². The molecule has 0 saturated carbocycles. The fraction of sp³-hybridized carbons (Fsp3) is 0.429. The summed E-state index contributed by atoms with van der Waals surface area (Å²) in [5.41, 5.74) is 2.65. The number of anilines is 1. The molecule has 0 radical (unpaired) electrons. The largest absolute Gasteiger partial charge is 0.434 e. The molecule has 1 fully saturated rings. The number of nitrogens with zero attached hydrogens (tertiary/aromatic N) is 3. The number of ether oxygens (including phenoxy) is 1. The lowest BCUT2D eigenvalue weighted by molar-refractivity contribution is -0.0504. The van der Waals surface area contributed by atoms with Crippen molar-refractivity contribution in [3.63, 3.8) is 0 Å². The highest BCUT2D eigenvalue weighted by Crippen LogP contribution is 2.22. The third-order valence-electron chi connectivity index (χ3n) is 4.80. The Morgan fingerprint density at radius 2 is 1.93 bits per heavy atom. The van der Waals surface area contributed by atoms with Crippen molar-refractivity contribution in [2.75, 3.05) is 25.0 Å². The molecule has 156 valence electrons. The number of hydrogen-bond acceptors (Lipinski definition) is 4. The van der Waals surface area contributed by atoms with Crippen LogP contribution in [0.5, 0.6) is 5.75 Å². The molecular formula is C21H27F2N5O. The molecular weight excluding hydrogens is 376 g/mol. The number of nitrogens with one attached hydrogen (secondary N) is 2. The highest BCUT2D eigenvalue weighted by atomic mass is 19.3. The summed E-state index contributed by atoms with van der Waals surface area (Å²) in [7, 11) is 1.66. The van der Waals surface area contributed by atoms with Gasteiger partial charge in [-0.05, 0) is 37.5 Å². The van der Waals surface area contributed by atoms with Crippen molar-refractivity contribution < 1.29 is 13.5 Å². The van der Waals surface area contributed by atoms with Crippen molar-refractivity contribution in [3.05, 3.63) is 53.2 Å². The van der Waals surface area contributed by atoms with Gasteiger partial charge in [0.25, 0.3) is 0 Å². The first-order chi connectivity index (χ1) is 14.0. The first-order valence-corrected chi connectivity index (χ1v) is 9.74. The Morgan fingerprint density at radius 1 is 1.17 bits per heavy atom. The summed E-state index contributed by atoms with van der Waals surface area (Å²) < 4.78 is 29.8. The van der Waals surface area contributed by atoms with Crippen LogP contribution < -0.4 is 20.3 Å². The standard InChI is InChI=1S/C21H27F2N5O/c1-15-5-7-18(29-20(22)23)17(11-15)14-27-21(24-2)26-13-16-6-8-19(25-12-16)28-9-3-4-10-28/h5-8,11-12,20H,3-4,9-10,13-14H2,1-2H3,(H2,24,26,27). The zero-order valence-electron chi connectivity index (χ0n) is 16.8. The fourth-order valence-corrected chi connectivity index (χ4v) is 3.30. The van der Waals surface area contributed by atoms with E-state index in [1.165, 1.54) is 12.8 Å². The topological polar surface area (TPSA) is 61.8 Å². The number of pyridine rings is 1. The SMILES string of the molecule is CN=C(NCc1ccc(N2CCCC2)nc1)NCc1cc(C)ccc1OC(F)F. The minimum Gasteiger partial charge on any atom is -0.434 e. The van der Waals surface area contributed by atoms with Crippen LogP contribution >= 0.6 is 0 Å². The van der Waals surface area contributed by atoms with Crippen LogP contribution in [0.4, 0.5) is 14.6 Å². The van der Waals surface area contributed by atoms with Crippen LogP contribution in [0.2, 0.25) is 0 Å². The van der Waals surface area contributed by atoms with Gasteiger partial charge in [0.1, 0.15) is 11.6 Å². The number of aryl methyl sites for hydroxylation is 1. The number of alkyl halides is 2. The highest BCUT2D eigenvalue weighted by molar-refractivity contribution is 5.79. The van der Waals surface area contributed by atoms with Crippen molar-refractivity contribution in [2.45, 2.75) is 39.5 Å². The molecule has 6 nitrogen and oxygen atoms in total. The Balaban J connectivity index is 1.54. The Labute approximate surface area is 170 Å². The van der Waals surface area contributed by atoms with Gasteiger partial charge < -0.3 is 20.3 Å². The van der Waals surface area contributed by atoms with E-state index in [0.29, 0.717) is 24.6 Å². The van der Waals surface area contributed by atoms with Gasteiger partial charge in [0, 0.05) is 45.0 Å². The molecule has 0 atom stereocenters. The van der Waals surface area contributed by atoms with Gasteiger partial charge >= 0.3 is 6.61 Å². The molecule has 0 bridgehead atoms. The Morgan fingerprint density at radius 3 is 2.59 bits per heavy atom. The molecule has 1 aromatic carbocycles. The maximum Gasteiger partial charge on any atom is 0.387 e. The van der Waals surface area contributed by atoms with Crippen LogP contribution in [-0.4, -0.2) is 37.7 Å². The molecule has 1 saturated heterocycles. The number of rotatable bonds is 7. The third-order valence-corrected chi connectivity index (χ3v) is 4.80. The van der Waals surface area contributed by atoms with E-state index in [1.807, 2.05) is 25.3 Å². The second-order valence-electron chi connectivity index (χ2n) is 6.99. The number of aromatic nitrogens is 1. The number of guanidine groups is 1. The summed E-state index contributed by atoms with van der Waals surface area (Å²) in [6, 6.07) is 9.21. The van der Waals surface area contributed by atoms with Crippen LogP contribution in [-0.2, 0) is 13.1 Å². The van der Waals surface area contributed by atoms with Crippen molar-refractivity contribution in [1.29, 1.82) is 0 Å². The maximum atomic E-state index is 12.6. The second-order valence-corrected chi connectivity index (χ2v) is 6.99. The van der Waals surface area contributed by atoms with E-state index in [9.17, 15) is 8.78 Å². The summed E-state index contributed by atoms with van der Waals surface area (Å²) in [4.78, 5) is 11.0. The van der Waals surface area contributed by atoms with E-state index in [2.05, 4.69) is 36.3 Å². The molecule has 0 aliphatic carbocycles. The fourth-order valence-electron chi connectivity index (χ4n) is 3.30. The molecule has 2 N–H and O–H groups in total. The zero-order chi connectivity index (χ0) is 20.6. The van der Waals surface area contributed by atoms with Crippen LogP contribution in [0.1, 0.15) is 29.5 Å². The van der Waals surface area contributed by atoms with E-state index in [0.717, 1.165) is 30.0 Å². The third kappa shape index (κ3) is 6.04. The number of benzene rings is 1. The Kier molecular flexibility index (Phi) is 7.21. The summed E-state index contributed by atoms with van der Waals surface area (Å²) in [6.45, 7) is 2.05. The Bertz CT molecular complexity index is 820. The summed E-state index contributed by atoms with van der Waals surface area (Å²) in [6.07, 6.45) is 4.30. The predicted octanol–water partition coefficient (Wildman–Crippen LogP) is 3.46.